The van der Waals surface area contributed by atoms with Crippen molar-refractivity contribution in [1.29, 1.82) is 0 Å². The molecule has 1 nitrogen and oxygen atoms in total. The third kappa shape index (κ3) is 2.61. The fraction of sp³-hybridized carbons (Fsp3) is 0.714. The van der Waals surface area contributed by atoms with E-state index in [0.29, 0.717) is 17.1 Å². The second kappa shape index (κ2) is 7.18. The van der Waals surface area contributed by atoms with Gasteiger partial charge in [-0.1, -0.05) is 84.1 Å². The first-order valence-electron chi connectivity index (χ1n) is 12.5. The minimum atomic E-state index is 0.0175. The highest BCUT2D eigenvalue weighted by Gasteiger charge is 2.69. The Balaban J connectivity index is 1.51. The number of allylic oxidation sites excluding steroid dienone is 5. The Bertz CT molecular complexity index is 822. The van der Waals surface area contributed by atoms with Gasteiger partial charge in [-0.15, -0.1) is 0 Å². The van der Waals surface area contributed by atoms with E-state index in [1.54, 1.807) is 5.57 Å². The fourth-order valence-corrected chi connectivity index (χ4v) is 14.1. The van der Waals surface area contributed by atoms with Crippen LogP contribution in [0, 0.1) is 28.6 Å². The van der Waals surface area contributed by atoms with Crippen LogP contribution >= 0.6 is 7.92 Å². The summed E-state index contributed by atoms with van der Waals surface area (Å²) in [6.45, 7) is 17.2. The van der Waals surface area contributed by atoms with Crippen molar-refractivity contribution in [2.24, 2.45) is 34.3 Å². The predicted molar refractivity (Wildman–Crippen MR) is 132 cm³/mol. The SMILES string of the molecule is C=C1C=CC2(C)C(=C1)CCC1C2CCC2(C)P1CC1CC(CCC)CC12C(=C)CN. The van der Waals surface area contributed by atoms with Crippen LogP contribution in [0.2, 0.25) is 0 Å². The van der Waals surface area contributed by atoms with E-state index in [9.17, 15) is 0 Å². The van der Waals surface area contributed by atoms with Crippen molar-refractivity contribution < 1.29 is 0 Å². The summed E-state index contributed by atoms with van der Waals surface area (Å²) in [6.07, 6.45) is 19.8. The topological polar surface area (TPSA) is 26.0 Å². The molecule has 2 saturated heterocycles. The summed E-state index contributed by atoms with van der Waals surface area (Å²) < 4.78 is 0. The summed E-state index contributed by atoms with van der Waals surface area (Å²) in [5, 5.41) is 0.465. The van der Waals surface area contributed by atoms with Crippen LogP contribution in [0.3, 0.4) is 0 Å². The molecule has 0 amide bonds. The van der Waals surface area contributed by atoms with Crippen LogP contribution in [-0.2, 0) is 0 Å². The van der Waals surface area contributed by atoms with Crippen molar-refractivity contribution in [2.75, 3.05) is 12.7 Å². The van der Waals surface area contributed by atoms with Crippen LogP contribution in [0.15, 0.2) is 48.1 Å². The normalized spacial score (nSPS) is 49.1. The van der Waals surface area contributed by atoms with E-state index in [0.717, 1.165) is 23.4 Å². The van der Waals surface area contributed by atoms with Gasteiger partial charge in [0.05, 0.1) is 0 Å². The average molecular weight is 424 g/mol. The van der Waals surface area contributed by atoms with E-state index < -0.39 is 0 Å². The molecule has 164 valence electrons. The summed E-state index contributed by atoms with van der Waals surface area (Å²) in [6, 6.07) is 0. The quantitative estimate of drug-likeness (QED) is 0.375. The molecule has 0 aromatic rings. The summed E-state index contributed by atoms with van der Waals surface area (Å²) in [7, 11) is 0.0175. The smallest absolute Gasteiger partial charge is 0.0140 e. The average Bonchev–Trinajstić information content (AvgIpc) is 3.20. The Morgan fingerprint density at radius 3 is 2.83 bits per heavy atom. The van der Waals surface area contributed by atoms with Crippen molar-refractivity contribution in [3.05, 3.63) is 48.1 Å². The molecule has 0 bridgehead atoms. The van der Waals surface area contributed by atoms with E-state index in [1.807, 2.05) is 0 Å². The number of rotatable bonds is 4. The molecular formula is C28H42NP. The number of fused-ring (bicyclic) bond motifs is 7. The molecule has 5 aliphatic rings. The molecule has 0 spiro atoms. The molecule has 30 heavy (non-hydrogen) atoms. The molecule has 3 aliphatic carbocycles. The first-order valence-corrected chi connectivity index (χ1v) is 14.1. The van der Waals surface area contributed by atoms with E-state index in [-0.39, 0.29) is 13.3 Å². The molecule has 8 unspecified atom stereocenters. The van der Waals surface area contributed by atoms with Crippen LogP contribution < -0.4 is 5.73 Å². The summed E-state index contributed by atoms with van der Waals surface area (Å²) >= 11 is 0. The van der Waals surface area contributed by atoms with Crippen LogP contribution in [0.25, 0.3) is 0 Å². The second-order valence-corrected chi connectivity index (χ2v) is 14.6. The van der Waals surface area contributed by atoms with Crippen LogP contribution in [0.4, 0.5) is 0 Å². The van der Waals surface area contributed by atoms with E-state index in [4.69, 9.17) is 5.73 Å². The molecule has 2 saturated carbocycles. The van der Waals surface area contributed by atoms with Gasteiger partial charge >= 0.3 is 0 Å². The van der Waals surface area contributed by atoms with Crippen LogP contribution in [0.5, 0.6) is 0 Å². The van der Waals surface area contributed by atoms with E-state index in [1.165, 1.54) is 68.7 Å². The third-order valence-corrected chi connectivity index (χ3v) is 14.6. The van der Waals surface area contributed by atoms with Crippen molar-refractivity contribution >= 4 is 7.92 Å². The molecule has 2 heteroatoms. The Morgan fingerprint density at radius 1 is 1.30 bits per heavy atom. The fourth-order valence-electron chi connectivity index (χ4n) is 9.11. The molecule has 5 rings (SSSR count). The Kier molecular flexibility index (Phi) is 5.08. The number of hydrogen-bond acceptors (Lipinski definition) is 1. The minimum absolute atomic E-state index is 0.0175. The molecule has 2 heterocycles. The van der Waals surface area contributed by atoms with Gasteiger partial charge in [0, 0.05) is 17.4 Å². The zero-order chi connectivity index (χ0) is 21.3. The predicted octanol–water partition coefficient (Wildman–Crippen LogP) is 7.20. The van der Waals surface area contributed by atoms with Crippen molar-refractivity contribution in [1.82, 2.24) is 0 Å². The van der Waals surface area contributed by atoms with Crippen molar-refractivity contribution in [3.63, 3.8) is 0 Å². The molecular weight excluding hydrogens is 381 g/mol. The summed E-state index contributed by atoms with van der Waals surface area (Å²) in [5.41, 5.74) is 12.1. The highest BCUT2D eigenvalue weighted by molar-refractivity contribution is 7.60. The maximum atomic E-state index is 6.34. The second-order valence-electron chi connectivity index (χ2n) is 11.6. The summed E-state index contributed by atoms with van der Waals surface area (Å²) in [5.74, 6) is 2.58. The zero-order valence-electron chi connectivity index (χ0n) is 19.6. The molecule has 4 fully saturated rings. The van der Waals surface area contributed by atoms with Gasteiger partial charge in [0.15, 0.2) is 0 Å². The third-order valence-electron chi connectivity index (χ3n) is 10.5. The lowest BCUT2D eigenvalue weighted by atomic mass is 9.58. The Hall–Kier alpha value is -0.650. The van der Waals surface area contributed by atoms with Crippen molar-refractivity contribution in [3.8, 4) is 0 Å². The monoisotopic (exact) mass is 423 g/mol. The van der Waals surface area contributed by atoms with E-state index in [2.05, 4.69) is 52.2 Å². The van der Waals surface area contributed by atoms with Crippen LogP contribution in [0.1, 0.15) is 72.1 Å². The van der Waals surface area contributed by atoms with Gasteiger partial charge in [-0.25, -0.2) is 0 Å². The van der Waals surface area contributed by atoms with E-state index >= 15 is 0 Å². The number of nitrogens with two attached hydrogens (primary N) is 1. The first-order chi connectivity index (χ1) is 14.3. The van der Waals surface area contributed by atoms with Gasteiger partial charge in [0.1, 0.15) is 0 Å². The maximum absolute atomic E-state index is 6.34. The standard InChI is InChI=1S/C28H42NP/c1-6-7-21-15-23-18-30-25-9-8-22-14-19(2)10-12-26(22,4)24(25)11-13-27(30,5)28(23,16-21)20(3)17-29/h10,12,14,21,23-25H,2-3,6-9,11,13,15-18,29H2,1,4-5H3. The molecule has 0 radical (unpaired) electrons. The van der Waals surface area contributed by atoms with Gasteiger partial charge in [0.25, 0.3) is 0 Å². The maximum Gasteiger partial charge on any atom is 0.0140 e. The Labute approximate surface area is 186 Å². The molecule has 2 N–H and O–H groups in total. The molecule has 0 aromatic heterocycles. The minimum Gasteiger partial charge on any atom is -0.327 e. The molecule has 2 aliphatic heterocycles. The van der Waals surface area contributed by atoms with Gasteiger partial charge < -0.3 is 5.73 Å². The Morgan fingerprint density at radius 2 is 2.10 bits per heavy atom. The summed E-state index contributed by atoms with van der Waals surface area (Å²) in [4.78, 5) is 0. The van der Waals surface area contributed by atoms with Gasteiger partial charge in [-0.3, -0.25) is 0 Å². The van der Waals surface area contributed by atoms with Crippen molar-refractivity contribution in [2.45, 2.75) is 83.0 Å². The largest absolute Gasteiger partial charge is 0.327 e. The highest BCUT2D eigenvalue weighted by Crippen LogP contribution is 2.82. The zero-order valence-corrected chi connectivity index (χ0v) is 20.4. The van der Waals surface area contributed by atoms with Crippen LogP contribution in [-0.4, -0.2) is 23.5 Å². The molecule has 8 atom stereocenters. The highest BCUT2D eigenvalue weighted by atomic mass is 31.1. The molecule has 0 aromatic carbocycles. The number of hydrogen-bond donors (Lipinski definition) is 1. The lowest BCUT2D eigenvalue weighted by molar-refractivity contribution is 0.154. The lowest BCUT2D eigenvalue weighted by Gasteiger charge is -2.60. The first kappa shape index (κ1) is 21.2. The van der Waals surface area contributed by atoms with Gasteiger partial charge in [0.2, 0.25) is 0 Å². The van der Waals surface area contributed by atoms with Gasteiger partial charge in [-0.2, -0.15) is 0 Å². The van der Waals surface area contributed by atoms with Gasteiger partial charge in [-0.05, 0) is 78.8 Å². The lowest BCUT2D eigenvalue weighted by Crippen LogP contribution is -2.52.